The van der Waals surface area contributed by atoms with E-state index in [1.165, 1.54) is 53.4 Å². The number of amides is 3. The van der Waals surface area contributed by atoms with E-state index in [0.29, 0.717) is 24.4 Å². The molecule has 3 rings (SSSR count). The molecule has 1 aliphatic heterocycles. The molecular weight excluding hydrogens is 558 g/mol. The van der Waals surface area contributed by atoms with Crippen molar-refractivity contribution in [3.8, 4) is 0 Å². The number of likely N-dealkylation sites (tertiary alicyclic amines) is 1. The van der Waals surface area contributed by atoms with Crippen molar-refractivity contribution in [1.29, 1.82) is 0 Å². The smallest absolute Gasteiger partial charge is 0.329 e. The lowest BCUT2D eigenvalue weighted by atomic mass is 10.0. The van der Waals surface area contributed by atoms with Crippen LogP contribution in [-0.4, -0.2) is 61.2 Å². The standard InChI is InChI=1S/C28H34ClN3O7S/c1-17(2)23(26(35)32-16-6-7-22(32)27(36)39-28(3,4)5)30-24(33)18-8-10-19(11-9-18)25(34)31-40(37,38)21-14-12-20(29)13-15-21/h8-15,17,22-23H,6-7,16H2,1-5H3,(H,30,33)(H,31,34)/t22-,23-/m0/s1. The Hall–Kier alpha value is -3.44. The quantitative estimate of drug-likeness (QED) is 0.448. The van der Waals surface area contributed by atoms with Gasteiger partial charge in [-0.25, -0.2) is 17.9 Å². The van der Waals surface area contributed by atoms with Crippen molar-refractivity contribution >= 4 is 45.3 Å². The average molecular weight is 592 g/mol. The second-order valence-corrected chi connectivity index (χ2v) is 13.0. The van der Waals surface area contributed by atoms with Gasteiger partial charge in [0.2, 0.25) is 5.91 Å². The highest BCUT2D eigenvalue weighted by Crippen LogP contribution is 2.23. The fraction of sp³-hybridized carbons (Fsp3) is 0.429. The number of hydrogen-bond donors (Lipinski definition) is 2. The van der Waals surface area contributed by atoms with Crippen LogP contribution in [0.5, 0.6) is 0 Å². The summed E-state index contributed by atoms with van der Waals surface area (Å²) < 4.78 is 32.4. The monoisotopic (exact) mass is 591 g/mol. The van der Waals surface area contributed by atoms with E-state index in [2.05, 4.69) is 5.32 Å². The largest absolute Gasteiger partial charge is 0.458 e. The number of sulfonamides is 1. The van der Waals surface area contributed by atoms with E-state index >= 15 is 0 Å². The molecule has 1 saturated heterocycles. The zero-order valence-corrected chi connectivity index (χ0v) is 24.6. The Balaban J connectivity index is 1.68. The zero-order valence-electron chi connectivity index (χ0n) is 23.1. The van der Waals surface area contributed by atoms with Crippen LogP contribution in [0.15, 0.2) is 53.4 Å². The van der Waals surface area contributed by atoms with Gasteiger partial charge in [0.15, 0.2) is 0 Å². The molecule has 0 bridgehead atoms. The highest BCUT2D eigenvalue weighted by Gasteiger charge is 2.40. The van der Waals surface area contributed by atoms with Crippen LogP contribution in [0.2, 0.25) is 5.02 Å². The van der Waals surface area contributed by atoms with Crippen molar-refractivity contribution in [2.45, 2.75) is 70.0 Å². The molecule has 0 saturated carbocycles. The van der Waals surface area contributed by atoms with E-state index in [9.17, 15) is 27.6 Å². The van der Waals surface area contributed by atoms with Gasteiger partial charge in [0.1, 0.15) is 17.7 Å². The first-order valence-electron chi connectivity index (χ1n) is 12.9. The minimum Gasteiger partial charge on any atom is -0.458 e. The number of halogens is 1. The topological polar surface area (TPSA) is 139 Å². The van der Waals surface area contributed by atoms with E-state index in [4.69, 9.17) is 16.3 Å². The van der Waals surface area contributed by atoms with E-state index in [-0.39, 0.29) is 27.8 Å². The third-order valence-corrected chi connectivity index (χ3v) is 7.79. The van der Waals surface area contributed by atoms with Gasteiger partial charge in [-0.15, -0.1) is 0 Å². The molecule has 1 heterocycles. The van der Waals surface area contributed by atoms with Gasteiger partial charge in [0.05, 0.1) is 4.90 Å². The van der Waals surface area contributed by atoms with Crippen LogP contribution >= 0.6 is 11.6 Å². The van der Waals surface area contributed by atoms with Crippen molar-refractivity contribution in [2.24, 2.45) is 5.92 Å². The lowest BCUT2D eigenvalue weighted by Gasteiger charge is -2.31. The molecule has 10 nitrogen and oxygen atoms in total. The summed E-state index contributed by atoms with van der Waals surface area (Å²) >= 11 is 5.79. The van der Waals surface area contributed by atoms with Gasteiger partial charge in [0, 0.05) is 22.7 Å². The predicted octanol–water partition coefficient (Wildman–Crippen LogP) is 3.55. The molecule has 0 aromatic heterocycles. The molecule has 12 heteroatoms. The number of hydrogen-bond acceptors (Lipinski definition) is 7. The molecule has 3 amide bonds. The molecule has 2 atom stereocenters. The minimum atomic E-state index is -4.13. The zero-order chi connectivity index (χ0) is 29.8. The van der Waals surface area contributed by atoms with Gasteiger partial charge < -0.3 is 15.0 Å². The SMILES string of the molecule is CC(C)[C@H](NC(=O)c1ccc(C(=O)NS(=O)(=O)c2ccc(Cl)cc2)cc1)C(=O)N1CCC[C@H]1C(=O)OC(C)(C)C. The third-order valence-electron chi connectivity index (χ3n) is 6.19. The summed E-state index contributed by atoms with van der Waals surface area (Å²) in [6.45, 7) is 9.24. The van der Waals surface area contributed by atoms with Crippen LogP contribution in [0.25, 0.3) is 0 Å². The number of esters is 1. The minimum absolute atomic E-state index is 0.0165. The number of ether oxygens (including phenoxy) is 1. The molecule has 40 heavy (non-hydrogen) atoms. The van der Waals surface area contributed by atoms with Gasteiger partial charge in [-0.1, -0.05) is 25.4 Å². The molecule has 1 fully saturated rings. The highest BCUT2D eigenvalue weighted by atomic mass is 35.5. The molecule has 1 aliphatic rings. The van der Waals surface area contributed by atoms with E-state index in [1.807, 2.05) is 4.72 Å². The Kier molecular flexibility index (Phi) is 9.63. The molecule has 2 aromatic rings. The van der Waals surface area contributed by atoms with Crippen LogP contribution < -0.4 is 10.0 Å². The van der Waals surface area contributed by atoms with E-state index in [0.717, 1.165) is 0 Å². The summed E-state index contributed by atoms with van der Waals surface area (Å²) in [5, 5.41) is 3.09. The fourth-order valence-electron chi connectivity index (χ4n) is 4.19. The van der Waals surface area contributed by atoms with Gasteiger partial charge in [-0.05, 0) is 88.1 Å². The normalized spacial score (nSPS) is 16.4. The summed E-state index contributed by atoms with van der Waals surface area (Å²) in [6.07, 6.45) is 1.13. The Labute approximate surface area is 239 Å². The molecule has 0 spiro atoms. The summed E-state index contributed by atoms with van der Waals surface area (Å²) in [4.78, 5) is 53.0. The average Bonchev–Trinajstić information content (AvgIpc) is 3.36. The second-order valence-electron chi connectivity index (χ2n) is 10.9. The highest BCUT2D eigenvalue weighted by molar-refractivity contribution is 7.90. The van der Waals surface area contributed by atoms with E-state index < -0.39 is 45.5 Å². The summed E-state index contributed by atoms with van der Waals surface area (Å²) in [6, 6.07) is 9.07. The number of nitrogens with zero attached hydrogens (tertiary/aromatic N) is 1. The Morgan fingerprint density at radius 1 is 0.950 bits per heavy atom. The van der Waals surface area contributed by atoms with Gasteiger partial charge in [-0.2, -0.15) is 0 Å². The van der Waals surface area contributed by atoms with Crippen molar-refractivity contribution in [3.05, 3.63) is 64.7 Å². The molecule has 2 N–H and O–H groups in total. The van der Waals surface area contributed by atoms with E-state index in [1.54, 1.807) is 34.6 Å². The van der Waals surface area contributed by atoms with Gasteiger partial charge in [0.25, 0.3) is 21.8 Å². The molecule has 0 radical (unpaired) electrons. The first kappa shape index (κ1) is 31.1. The first-order valence-corrected chi connectivity index (χ1v) is 14.7. The second kappa shape index (κ2) is 12.4. The maximum absolute atomic E-state index is 13.4. The molecule has 0 unspecified atom stereocenters. The van der Waals surface area contributed by atoms with Gasteiger partial charge in [-0.3, -0.25) is 14.4 Å². The van der Waals surface area contributed by atoms with Crippen molar-refractivity contribution in [3.63, 3.8) is 0 Å². The Bertz CT molecular complexity index is 1370. The summed E-state index contributed by atoms with van der Waals surface area (Å²) in [7, 11) is -4.13. The number of rotatable bonds is 8. The number of nitrogens with one attached hydrogen (secondary N) is 2. The molecule has 0 aliphatic carbocycles. The van der Waals surface area contributed by atoms with Crippen LogP contribution in [0.1, 0.15) is 68.2 Å². The number of benzene rings is 2. The summed E-state index contributed by atoms with van der Waals surface area (Å²) in [5.74, 6) is -2.56. The molecule has 216 valence electrons. The summed E-state index contributed by atoms with van der Waals surface area (Å²) in [5.41, 5.74) is -0.508. The van der Waals surface area contributed by atoms with Crippen molar-refractivity contribution < 1.29 is 32.3 Å². The first-order chi connectivity index (χ1) is 18.6. The van der Waals surface area contributed by atoms with Crippen LogP contribution in [0.4, 0.5) is 0 Å². The number of carbonyl (C=O) groups excluding carboxylic acids is 4. The third kappa shape index (κ3) is 7.82. The van der Waals surface area contributed by atoms with Crippen LogP contribution in [0.3, 0.4) is 0 Å². The maximum Gasteiger partial charge on any atom is 0.329 e. The van der Waals surface area contributed by atoms with Crippen molar-refractivity contribution in [2.75, 3.05) is 6.54 Å². The fourth-order valence-corrected chi connectivity index (χ4v) is 5.29. The lowest BCUT2D eigenvalue weighted by Crippen LogP contribution is -2.54. The molecule has 2 aromatic carbocycles. The lowest BCUT2D eigenvalue weighted by molar-refractivity contribution is -0.163. The maximum atomic E-state index is 13.4. The van der Waals surface area contributed by atoms with Crippen LogP contribution in [0, 0.1) is 5.92 Å². The Morgan fingerprint density at radius 2 is 1.50 bits per heavy atom. The van der Waals surface area contributed by atoms with Crippen molar-refractivity contribution in [1.82, 2.24) is 14.9 Å². The molecular formula is C28H34ClN3O7S. The van der Waals surface area contributed by atoms with Crippen LogP contribution in [-0.2, 0) is 24.3 Å². The van der Waals surface area contributed by atoms with Gasteiger partial charge >= 0.3 is 5.97 Å². The number of carbonyl (C=O) groups is 4. The Morgan fingerprint density at radius 3 is 2.02 bits per heavy atom. The predicted molar refractivity (Wildman–Crippen MR) is 149 cm³/mol.